The highest BCUT2D eigenvalue weighted by atomic mass is 35.5. The van der Waals surface area contributed by atoms with E-state index in [4.69, 9.17) is 16.7 Å². The van der Waals surface area contributed by atoms with Crippen molar-refractivity contribution in [1.29, 1.82) is 0 Å². The van der Waals surface area contributed by atoms with Gasteiger partial charge in [0.05, 0.1) is 11.6 Å². The predicted molar refractivity (Wildman–Crippen MR) is 49.9 cm³/mol. The van der Waals surface area contributed by atoms with Crippen LogP contribution in [0.1, 0.15) is 12.0 Å². The Bertz CT molecular complexity index is 393. The van der Waals surface area contributed by atoms with E-state index < -0.39 is 11.6 Å². The van der Waals surface area contributed by atoms with Crippen molar-refractivity contribution < 1.29 is 13.9 Å². The van der Waals surface area contributed by atoms with Crippen LogP contribution >= 0.6 is 11.6 Å². The summed E-state index contributed by atoms with van der Waals surface area (Å²) in [6, 6.07) is 1.81. The van der Waals surface area contributed by atoms with E-state index in [2.05, 4.69) is 11.8 Å². The molecule has 0 spiro atoms. The second-order valence-corrected chi connectivity index (χ2v) is 2.93. The number of aliphatic hydroxyl groups is 1. The van der Waals surface area contributed by atoms with Gasteiger partial charge >= 0.3 is 0 Å². The van der Waals surface area contributed by atoms with E-state index in [1.165, 1.54) is 0 Å². The van der Waals surface area contributed by atoms with Crippen LogP contribution in [0.5, 0.6) is 0 Å². The molecule has 0 atom stereocenters. The molecule has 0 fully saturated rings. The monoisotopic (exact) mass is 216 g/mol. The minimum Gasteiger partial charge on any atom is -0.395 e. The van der Waals surface area contributed by atoms with Gasteiger partial charge in [0, 0.05) is 12.0 Å². The van der Waals surface area contributed by atoms with Gasteiger partial charge in [-0.15, -0.1) is 0 Å². The van der Waals surface area contributed by atoms with Gasteiger partial charge in [-0.3, -0.25) is 0 Å². The number of benzene rings is 1. The lowest BCUT2D eigenvalue weighted by atomic mass is 10.2. The third-order valence-electron chi connectivity index (χ3n) is 1.47. The van der Waals surface area contributed by atoms with Gasteiger partial charge in [0.25, 0.3) is 0 Å². The minimum absolute atomic E-state index is 0.0642. The summed E-state index contributed by atoms with van der Waals surface area (Å²) in [5.74, 6) is 3.12. The first-order chi connectivity index (χ1) is 6.65. The minimum atomic E-state index is -0.997. The molecule has 14 heavy (non-hydrogen) atoms. The van der Waals surface area contributed by atoms with Crippen LogP contribution in [0.15, 0.2) is 12.1 Å². The Labute approximate surface area is 85.3 Å². The second kappa shape index (κ2) is 4.94. The van der Waals surface area contributed by atoms with E-state index in [1.807, 2.05) is 0 Å². The smallest absolute Gasteiger partial charge is 0.160 e. The van der Waals surface area contributed by atoms with Crippen molar-refractivity contribution in [1.82, 2.24) is 0 Å². The van der Waals surface area contributed by atoms with E-state index >= 15 is 0 Å². The highest BCUT2D eigenvalue weighted by Crippen LogP contribution is 2.18. The lowest BCUT2D eigenvalue weighted by Crippen LogP contribution is -1.87. The molecule has 1 aromatic rings. The Morgan fingerprint density at radius 1 is 1.29 bits per heavy atom. The second-order valence-electron chi connectivity index (χ2n) is 2.52. The quantitative estimate of drug-likeness (QED) is 0.564. The SMILES string of the molecule is OCCC#Cc1cc(F)c(F)cc1Cl. The lowest BCUT2D eigenvalue weighted by Gasteiger charge is -1.97. The molecular weight excluding hydrogens is 210 g/mol. The Kier molecular flexibility index (Phi) is 3.87. The summed E-state index contributed by atoms with van der Waals surface area (Å²) in [5, 5.41) is 8.51. The van der Waals surface area contributed by atoms with Crippen LogP contribution in [-0.4, -0.2) is 11.7 Å². The van der Waals surface area contributed by atoms with E-state index in [1.54, 1.807) is 0 Å². The summed E-state index contributed by atoms with van der Waals surface area (Å²) >= 11 is 5.61. The molecule has 0 bridgehead atoms. The molecule has 1 rings (SSSR count). The normalized spacial score (nSPS) is 9.43. The van der Waals surface area contributed by atoms with Crippen molar-refractivity contribution in [3.8, 4) is 11.8 Å². The van der Waals surface area contributed by atoms with Crippen LogP contribution in [0.3, 0.4) is 0 Å². The average Bonchev–Trinajstić information content (AvgIpc) is 2.14. The lowest BCUT2D eigenvalue weighted by molar-refractivity contribution is 0.305. The summed E-state index contributed by atoms with van der Waals surface area (Å²) in [6.45, 7) is -0.0751. The Balaban J connectivity index is 3.00. The largest absolute Gasteiger partial charge is 0.395 e. The van der Waals surface area contributed by atoms with Crippen LogP contribution in [0.2, 0.25) is 5.02 Å². The highest BCUT2D eigenvalue weighted by Gasteiger charge is 2.05. The maximum atomic E-state index is 12.7. The molecule has 4 heteroatoms. The molecule has 0 aliphatic carbocycles. The van der Waals surface area contributed by atoms with Crippen LogP contribution in [0, 0.1) is 23.5 Å². The standard InChI is InChI=1S/C10H7ClF2O/c11-8-6-10(13)9(12)5-7(8)3-1-2-4-14/h5-6,14H,2,4H2. The third-order valence-corrected chi connectivity index (χ3v) is 1.78. The fourth-order valence-corrected chi connectivity index (χ4v) is 1.03. The Morgan fingerprint density at radius 3 is 2.57 bits per heavy atom. The number of hydrogen-bond acceptors (Lipinski definition) is 1. The van der Waals surface area contributed by atoms with Gasteiger partial charge < -0.3 is 5.11 Å². The first kappa shape index (κ1) is 11.0. The summed E-state index contributed by atoms with van der Waals surface area (Å²) in [6.07, 6.45) is 0.273. The van der Waals surface area contributed by atoms with Gasteiger partial charge in [0.1, 0.15) is 0 Å². The van der Waals surface area contributed by atoms with Crippen molar-refractivity contribution in [2.24, 2.45) is 0 Å². The molecule has 1 N–H and O–H groups in total. The molecule has 0 saturated heterocycles. The first-order valence-electron chi connectivity index (χ1n) is 3.89. The van der Waals surface area contributed by atoms with E-state index in [0.29, 0.717) is 0 Å². The molecule has 0 aliphatic rings. The zero-order valence-electron chi connectivity index (χ0n) is 7.15. The molecule has 0 radical (unpaired) electrons. The van der Waals surface area contributed by atoms with E-state index in [0.717, 1.165) is 12.1 Å². The number of aliphatic hydroxyl groups excluding tert-OH is 1. The summed E-state index contributed by atoms with van der Waals surface area (Å²) < 4.78 is 25.3. The summed E-state index contributed by atoms with van der Waals surface area (Å²) in [4.78, 5) is 0. The van der Waals surface area contributed by atoms with Gasteiger partial charge in [-0.2, -0.15) is 0 Å². The topological polar surface area (TPSA) is 20.2 Å². The Hall–Kier alpha value is -1.11. The van der Waals surface area contributed by atoms with Gasteiger partial charge in [-0.25, -0.2) is 8.78 Å². The summed E-state index contributed by atoms with van der Waals surface area (Å²) in [5.41, 5.74) is 0.221. The van der Waals surface area contributed by atoms with Gasteiger partial charge in [0.2, 0.25) is 0 Å². The molecule has 0 aromatic heterocycles. The summed E-state index contributed by atoms with van der Waals surface area (Å²) in [7, 11) is 0. The predicted octanol–water partition coefficient (Wildman–Crippen LogP) is 2.35. The van der Waals surface area contributed by atoms with Crippen molar-refractivity contribution >= 4 is 11.6 Å². The zero-order chi connectivity index (χ0) is 10.6. The fourth-order valence-electron chi connectivity index (χ4n) is 0.832. The molecule has 0 unspecified atom stereocenters. The van der Waals surface area contributed by atoms with Crippen LogP contribution < -0.4 is 0 Å². The molecule has 0 aliphatic heterocycles. The van der Waals surface area contributed by atoms with Crippen molar-refractivity contribution in [3.05, 3.63) is 34.4 Å². The maximum absolute atomic E-state index is 12.7. The first-order valence-corrected chi connectivity index (χ1v) is 4.27. The van der Waals surface area contributed by atoms with Crippen LogP contribution in [0.4, 0.5) is 8.78 Å². The zero-order valence-corrected chi connectivity index (χ0v) is 7.91. The molecule has 0 amide bonds. The van der Waals surface area contributed by atoms with E-state index in [-0.39, 0.29) is 23.6 Å². The van der Waals surface area contributed by atoms with Crippen molar-refractivity contribution in [2.45, 2.75) is 6.42 Å². The van der Waals surface area contributed by atoms with Gasteiger partial charge in [0.15, 0.2) is 11.6 Å². The molecule has 0 heterocycles. The van der Waals surface area contributed by atoms with Crippen molar-refractivity contribution in [2.75, 3.05) is 6.61 Å². The molecule has 1 aromatic carbocycles. The number of halogens is 3. The fraction of sp³-hybridized carbons (Fsp3) is 0.200. The third kappa shape index (κ3) is 2.69. The van der Waals surface area contributed by atoms with E-state index in [9.17, 15) is 8.78 Å². The Morgan fingerprint density at radius 2 is 1.93 bits per heavy atom. The highest BCUT2D eigenvalue weighted by molar-refractivity contribution is 6.31. The number of rotatable bonds is 1. The maximum Gasteiger partial charge on any atom is 0.160 e. The van der Waals surface area contributed by atoms with Gasteiger partial charge in [-0.05, 0) is 12.1 Å². The van der Waals surface area contributed by atoms with Crippen LogP contribution in [0.25, 0.3) is 0 Å². The van der Waals surface area contributed by atoms with Gasteiger partial charge in [-0.1, -0.05) is 23.4 Å². The van der Waals surface area contributed by atoms with Crippen LogP contribution in [-0.2, 0) is 0 Å². The molecule has 74 valence electrons. The molecule has 0 saturated carbocycles. The van der Waals surface area contributed by atoms with Crippen molar-refractivity contribution in [3.63, 3.8) is 0 Å². The molecular formula is C10H7ClF2O. The molecule has 1 nitrogen and oxygen atoms in total. The number of hydrogen-bond donors (Lipinski definition) is 1. The average molecular weight is 217 g/mol.